The number of nitrogens with zero attached hydrogens (tertiary/aromatic N) is 2. The van der Waals surface area contributed by atoms with Gasteiger partial charge in [-0.2, -0.15) is 0 Å². The molecule has 0 aliphatic heterocycles. The van der Waals surface area contributed by atoms with Crippen molar-refractivity contribution >= 4 is 40.3 Å². The molecule has 2 aromatic rings. The van der Waals surface area contributed by atoms with E-state index in [1.807, 2.05) is 0 Å². The quantitative estimate of drug-likeness (QED) is 0.516. The van der Waals surface area contributed by atoms with Gasteiger partial charge < -0.3 is 10.6 Å². The average Bonchev–Trinajstić information content (AvgIpc) is 2.84. The standard InChI is InChI=1S/C17H12N4O7/c1-7(22)18-13-3-11-9(5-15(13)20(25)26)10-6-16(21(27)28)14(19-8(2)23)4-12(10)17(11)24/h3-6H,1-2H3,(H,18,22)(H,19,23). The number of carbonyl (C=O) groups is 3. The molecule has 0 spiro atoms. The van der Waals surface area contributed by atoms with Crippen LogP contribution in [0.2, 0.25) is 0 Å². The monoisotopic (exact) mass is 384 g/mol. The van der Waals surface area contributed by atoms with E-state index in [4.69, 9.17) is 0 Å². The number of anilines is 2. The lowest BCUT2D eigenvalue weighted by Crippen LogP contribution is -2.09. The Kier molecular flexibility index (Phi) is 4.35. The van der Waals surface area contributed by atoms with E-state index >= 15 is 0 Å². The zero-order valence-electron chi connectivity index (χ0n) is 14.6. The fourth-order valence-electron chi connectivity index (χ4n) is 3.02. The first-order chi connectivity index (χ1) is 13.1. The van der Waals surface area contributed by atoms with E-state index in [-0.39, 0.29) is 33.6 Å². The second-order valence-electron chi connectivity index (χ2n) is 6.04. The number of fused-ring (bicyclic) bond motifs is 3. The van der Waals surface area contributed by atoms with Gasteiger partial charge in [0, 0.05) is 48.2 Å². The zero-order valence-corrected chi connectivity index (χ0v) is 14.6. The molecule has 2 aromatic carbocycles. The largest absolute Gasteiger partial charge is 0.321 e. The van der Waals surface area contributed by atoms with Gasteiger partial charge in [0.2, 0.25) is 11.8 Å². The minimum Gasteiger partial charge on any atom is -0.321 e. The van der Waals surface area contributed by atoms with Crippen LogP contribution in [-0.2, 0) is 9.59 Å². The summed E-state index contributed by atoms with van der Waals surface area (Å²) in [5.41, 5.74) is -0.844. The third kappa shape index (κ3) is 3.05. The van der Waals surface area contributed by atoms with Crippen LogP contribution in [-0.4, -0.2) is 27.4 Å². The van der Waals surface area contributed by atoms with Crippen molar-refractivity contribution in [1.82, 2.24) is 0 Å². The lowest BCUT2D eigenvalue weighted by molar-refractivity contribution is -0.384. The lowest BCUT2D eigenvalue weighted by Gasteiger charge is -2.07. The number of hydrogen-bond donors (Lipinski definition) is 2. The van der Waals surface area contributed by atoms with Crippen molar-refractivity contribution in [1.29, 1.82) is 0 Å². The number of benzene rings is 2. The molecule has 0 heterocycles. The van der Waals surface area contributed by atoms with Crippen LogP contribution in [0, 0.1) is 20.2 Å². The molecule has 11 nitrogen and oxygen atoms in total. The summed E-state index contributed by atoms with van der Waals surface area (Å²) in [6.45, 7) is 2.33. The van der Waals surface area contributed by atoms with Crippen LogP contribution in [0.4, 0.5) is 22.7 Å². The SMILES string of the molecule is CC(=O)Nc1cc2c(cc1[N+](=O)[O-])-c1cc([N+](=O)[O-])c(NC(C)=O)cc1C2=O. The number of nitro groups is 2. The fraction of sp³-hybridized carbons (Fsp3) is 0.118. The Morgan fingerprint density at radius 1 is 0.750 bits per heavy atom. The van der Waals surface area contributed by atoms with E-state index in [0.29, 0.717) is 0 Å². The van der Waals surface area contributed by atoms with Gasteiger partial charge in [-0.3, -0.25) is 34.6 Å². The molecule has 0 aromatic heterocycles. The van der Waals surface area contributed by atoms with Crippen molar-refractivity contribution in [3.05, 3.63) is 55.6 Å². The first-order valence-electron chi connectivity index (χ1n) is 7.85. The summed E-state index contributed by atoms with van der Waals surface area (Å²) in [5.74, 6) is -1.66. The first-order valence-corrected chi connectivity index (χ1v) is 7.85. The Bertz CT molecular complexity index is 1020. The van der Waals surface area contributed by atoms with E-state index < -0.39 is 38.8 Å². The fourth-order valence-corrected chi connectivity index (χ4v) is 3.02. The van der Waals surface area contributed by atoms with Gasteiger partial charge in [-0.15, -0.1) is 0 Å². The van der Waals surface area contributed by atoms with E-state index in [0.717, 1.165) is 26.0 Å². The maximum absolute atomic E-state index is 12.8. The normalized spacial score (nSPS) is 11.4. The van der Waals surface area contributed by atoms with Gasteiger partial charge in [0.1, 0.15) is 11.4 Å². The minimum atomic E-state index is -0.728. The van der Waals surface area contributed by atoms with Crippen molar-refractivity contribution in [3.63, 3.8) is 0 Å². The number of carbonyl (C=O) groups excluding carboxylic acids is 3. The van der Waals surface area contributed by atoms with Gasteiger partial charge in [-0.1, -0.05) is 0 Å². The second kappa shape index (κ2) is 6.54. The molecule has 0 atom stereocenters. The average molecular weight is 384 g/mol. The van der Waals surface area contributed by atoms with Crippen LogP contribution < -0.4 is 10.6 Å². The highest BCUT2D eigenvalue weighted by Crippen LogP contribution is 2.45. The maximum atomic E-state index is 12.8. The van der Waals surface area contributed by atoms with Crippen LogP contribution >= 0.6 is 0 Å². The molecule has 2 N–H and O–H groups in total. The molecule has 0 unspecified atom stereocenters. The highest BCUT2D eigenvalue weighted by atomic mass is 16.6. The number of nitro benzene ring substituents is 2. The molecular formula is C17H12N4O7. The third-order valence-electron chi connectivity index (χ3n) is 4.07. The third-order valence-corrected chi connectivity index (χ3v) is 4.07. The number of ketones is 1. The molecule has 1 aliphatic rings. The molecule has 11 heteroatoms. The van der Waals surface area contributed by atoms with Crippen LogP contribution in [0.5, 0.6) is 0 Å². The van der Waals surface area contributed by atoms with Crippen molar-refractivity contribution in [3.8, 4) is 11.1 Å². The Hall–Kier alpha value is -4.15. The number of nitrogens with one attached hydrogen (secondary N) is 2. The smallest absolute Gasteiger partial charge is 0.293 e. The molecule has 142 valence electrons. The Labute approximate surface area is 156 Å². The lowest BCUT2D eigenvalue weighted by atomic mass is 10.0. The van der Waals surface area contributed by atoms with E-state index in [1.54, 1.807) is 0 Å². The Morgan fingerprint density at radius 3 is 1.39 bits per heavy atom. The molecule has 0 bridgehead atoms. The molecule has 0 radical (unpaired) electrons. The van der Waals surface area contributed by atoms with E-state index in [9.17, 15) is 34.6 Å². The summed E-state index contributed by atoms with van der Waals surface area (Å²) < 4.78 is 0. The predicted molar refractivity (Wildman–Crippen MR) is 97.2 cm³/mol. The number of rotatable bonds is 4. The predicted octanol–water partition coefficient (Wildman–Crippen LogP) is 2.63. The maximum Gasteiger partial charge on any atom is 0.293 e. The highest BCUT2D eigenvalue weighted by molar-refractivity contribution is 6.23. The van der Waals surface area contributed by atoms with Crippen LogP contribution in [0.25, 0.3) is 11.1 Å². The summed E-state index contributed by atoms with van der Waals surface area (Å²) in [5, 5.41) is 27.3. The zero-order chi connectivity index (χ0) is 20.7. The molecule has 2 amide bonds. The van der Waals surface area contributed by atoms with Gasteiger partial charge in [-0.05, 0) is 12.1 Å². The summed E-state index contributed by atoms with van der Waals surface area (Å²) >= 11 is 0. The summed E-state index contributed by atoms with van der Waals surface area (Å²) in [6, 6.07) is 4.51. The molecule has 28 heavy (non-hydrogen) atoms. The highest BCUT2D eigenvalue weighted by Gasteiger charge is 2.34. The van der Waals surface area contributed by atoms with Crippen molar-refractivity contribution in [2.75, 3.05) is 10.6 Å². The Morgan fingerprint density at radius 2 is 1.11 bits per heavy atom. The molecule has 1 aliphatic carbocycles. The summed E-state index contributed by atoms with van der Waals surface area (Å²) in [7, 11) is 0. The summed E-state index contributed by atoms with van der Waals surface area (Å²) in [4.78, 5) is 56.7. The van der Waals surface area contributed by atoms with E-state index in [1.165, 1.54) is 12.1 Å². The van der Waals surface area contributed by atoms with Gasteiger partial charge in [-0.25, -0.2) is 0 Å². The first kappa shape index (κ1) is 18.6. The van der Waals surface area contributed by atoms with Crippen LogP contribution in [0.15, 0.2) is 24.3 Å². The van der Waals surface area contributed by atoms with Gasteiger partial charge in [0.05, 0.1) is 9.85 Å². The number of amides is 2. The molecular weight excluding hydrogens is 372 g/mol. The number of hydrogen-bond acceptors (Lipinski definition) is 7. The molecule has 3 rings (SSSR count). The van der Waals surface area contributed by atoms with Crippen molar-refractivity contribution in [2.24, 2.45) is 0 Å². The second-order valence-corrected chi connectivity index (χ2v) is 6.04. The molecule has 0 saturated heterocycles. The van der Waals surface area contributed by atoms with Gasteiger partial charge >= 0.3 is 0 Å². The topological polar surface area (TPSA) is 162 Å². The van der Waals surface area contributed by atoms with Gasteiger partial charge in [0.15, 0.2) is 5.78 Å². The Balaban J connectivity index is 2.27. The molecule has 0 saturated carbocycles. The van der Waals surface area contributed by atoms with E-state index in [2.05, 4.69) is 10.6 Å². The van der Waals surface area contributed by atoms with Gasteiger partial charge in [0.25, 0.3) is 11.4 Å². The summed E-state index contributed by atoms with van der Waals surface area (Å²) in [6.07, 6.45) is 0. The van der Waals surface area contributed by atoms with Crippen LogP contribution in [0.3, 0.4) is 0 Å². The van der Waals surface area contributed by atoms with Crippen molar-refractivity contribution < 1.29 is 24.2 Å². The van der Waals surface area contributed by atoms with Crippen molar-refractivity contribution in [2.45, 2.75) is 13.8 Å². The van der Waals surface area contributed by atoms with Crippen LogP contribution in [0.1, 0.15) is 29.8 Å². The minimum absolute atomic E-state index is 0.0543. The molecule has 0 fully saturated rings.